The number of rotatable bonds is 8. The van der Waals surface area contributed by atoms with Gasteiger partial charge in [0.2, 0.25) is 15.9 Å². The van der Waals surface area contributed by atoms with Gasteiger partial charge >= 0.3 is 6.18 Å². The lowest BCUT2D eigenvalue weighted by Gasteiger charge is -2.10. The van der Waals surface area contributed by atoms with Crippen LogP contribution in [0, 0.1) is 0 Å². The number of carbonyl (C=O) groups is 1. The van der Waals surface area contributed by atoms with Crippen molar-refractivity contribution in [1.82, 2.24) is 4.72 Å². The van der Waals surface area contributed by atoms with E-state index < -0.39 is 35.3 Å². The van der Waals surface area contributed by atoms with Crippen molar-refractivity contribution in [1.29, 1.82) is 0 Å². The van der Waals surface area contributed by atoms with Crippen LogP contribution in [0.2, 0.25) is 0 Å². The van der Waals surface area contributed by atoms with Crippen LogP contribution in [-0.2, 0) is 19.6 Å². The minimum atomic E-state index is -4.52. The van der Waals surface area contributed by atoms with E-state index in [1.165, 1.54) is 24.3 Å². The van der Waals surface area contributed by atoms with Crippen molar-refractivity contribution in [2.75, 3.05) is 31.6 Å². The summed E-state index contributed by atoms with van der Waals surface area (Å²) in [4.78, 5) is 11.3. The monoisotopic (exact) mass is 391 g/mol. The van der Waals surface area contributed by atoms with Crippen molar-refractivity contribution in [3.05, 3.63) is 24.3 Å². The Balaban J connectivity index is 0.00000529. The molecule has 1 aromatic carbocycles. The third-order valence-corrected chi connectivity index (χ3v) is 3.82. The van der Waals surface area contributed by atoms with E-state index in [2.05, 4.69) is 14.8 Å². The summed E-state index contributed by atoms with van der Waals surface area (Å²) in [7, 11) is -3.78. The van der Waals surface area contributed by atoms with Crippen molar-refractivity contribution in [2.45, 2.75) is 11.1 Å². The molecule has 0 spiro atoms. The second kappa shape index (κ2) is 9.79. The molecule has 12 heteroatoms. The first kappa shape index (κ1) is 22.6. The topological polar surface area (TPSA) is 111 Å². The standard InChI is InChI=1S/C12H16F3N3O4S.ClH/c13-12(14,15)8-22-7-11(19)18-9-2-1-3-10(6-9)23(20,21)17-5-4-16;/h1-3,6,17H,4-5,7-8,16H2,(H,18,19);1H. The molecule has 0 aromatic heterocycles. The number of hydrogen-bond acceptors (Lipinski definition) is 5. The van der Waals surface area contributed by atoms with E-state index in [9.17, 15) is 26.4 Å². The minimum absolute atomic E-state index is 0. The maximum absolute atomic E-state index is 11.9. The van der Waals surface area contributed by atoms with E-state index in [0.717, 1.165) is 0 Å². The maximum atomic E-state index is 11.9. The number of halogens is 4. The van der Waals surface area contributed by atoms with Crippen molar-refractivity contribution >= 4 is 34.0 Å². The minimum Gasteiger partial charge on any atom is -0.362 e. The Kier molecular flexibility index (Phi) is 9.22. The zero-order valence-electron chi connectivity index (χ0n) is 12.3. The molecular weight excluding hydrogens is 375 g/mol. The summed E-state index contributed by atoms with van der Waals surface area (Å²) in [5, 5.41) is 2.25. The molecule has 0 atom stereocenters. The number of sulfonamides is 1. The van der Waals surface area contributed by atoms with Crippen molar-refractivity contribution in [3.63, 3.8) is 0 Å². The highest BCUT2D eigenvalue weighted by molar-refractivity contribution is 7.89. The van der Waals surface area contributed by atoms with Gasteiger partial charge < -0.3 is 15.8 Å². The molecule has 0 aliphatic carbocycles. The van der Waals surface area contributed by atoms with Crippen LogP contribution in [0.5, 0.6) is 0 Å². The SMILES string of the molecule is Cl.NCCNS(=O)(=O)c1cccc(NC(=O)COCC(F)(F)F)c1. The summed E-state index contributed by atoms with van der Waals surface area (Å²) in [6.45, 7) is -2.18. The Bertz CT molecular complexity index is 641. The molecule has 4 N–H and O–H groups in total. The second-order valence-corrected chi connectivity index (χ2v) is 6.14. The fourth-order valence-electron chi connectivity index (χ4n) is 1.47. The summed E-state index contributed by atoms with van der Waals surface area (Å²) in [5.41, 5.74) is 5.32. The van der Waals surface area contributed by atoms with Gasteiger partial charge in [-0.15, -0.1) is 12.4 Å². The Hall–Kier alpha value is -1.40. The van der Waals surface area contributed by atoms with E-state index in [4.69, 9.17) is 5.73 Å². The molecule has 24 heavy (non-hydrogen) atoms. The van der Waals surface area contributed by atoms with E-state index in [-0.39, 0.29) is 36.1 Å². The number of alkyl halides is 3. The number of benzene rings is 1. The Morgan fingerprint density at radius 1 is 1.29 bits per heavy atom. The van der Waals surface area contributed by atoms with Crippen molar-refractivity contribution < 1.29 is 31.1 Å². The molecule has 138 valence electrons. The van der Waals surface area contributed by atoms with Crippen LogP contribution < -0.4 is 15.8 Å². The van der Waals surface area contributed by atoms with Crippen LogP contribution in [0.25, 0.3) is 0 Å². The average molecular weight is 392 g/mol. The molecular formula is C12H17ClF3N3O4S. The van der Waals surface area contributed by atoms with Crippen molar-refractivity contribution in [2.24, 2.45) is 5.73 Å². The lowest BCUT2D eigenvalue weighted by molar-refractivity contribution is -0.174. The van der Waals surface area contributed by atoms with Crippen LogP contribution in [0.15, 0.2) is 29.2 Å². The third-order valence-electron chi connectivity index (χ3n) is 2.36. The van der Waals surface area contributed by atoms with E-state index in [1.807, 2.05) is 0 Å². The van der Waals surface area contributed by atoms with Crippen LogP contribution in [0.1, 0.15) is 0 Å². The molecule has 0 aliphatic heterocycles. The molecule has 0 saturated heterocycles. The molecule has 0 radical (unpaired) electrons. The molecule has 1 rings (SSSR count). The highest BCUT2D eigenvalue weighted by atomic mass is 35.5. The van der Waals surface area contributed by atoms with Gasteiger partial charge in [-0.25, -0.2) is 13.1 Å². The molecule has 0 heterocycles. The molecule has 0 bridgehead atoms. The van der Waals surface area contributed by atoms with Gasteiger partial charge in [-0.2, -0.15) is 13.2 Å². The Labute approximate surface area is 143 Å². The van der Waals surface area contributed by atoms with Gasteiger partial charge in [0, 0.05) is 18.8 Å². The summed E-state index contributed by atoms with van der Waals surface area (Å²) < 4.78 is 65.8. The van der Waals surface area contributed by atoms with Gasteiger partial charge in [-0.05, 0) is 18.2 Å². The number of carbonyl (C=O) groups excluding carboxylic acids is 1. The van der Waals surface area contributed by atoms with Gasteiger partial charge in [0.1, 0.15) is 13.2 Å². The second-order valence-electron chi connectivity index (χ2n) is 4.37. The first-order valence-electron chi connectivity index (χ1n) is 6.38. The zero-order valence-corrected chi connectivity index (χ0v) is 13.9. The summed E-state index contributed by atoms with van der Waals surface area (Å²) in [5.74, 6) is -0.835. The van der Waals surface area contributed by atoms with E-state index in [0.29, 0.717) is 0 Å². The van der Waals surface area contributed by atoms with Crippen LogP contribution in [-0.4, -0.2) is 46.8 Å². The lowest BCUT2D eigenvalue weighted by atomic mass is 10.3. The normalized spacial score (nSPS) is 11.7. The van der Waals surface area contributed by atoms with E-state index >= 15 is 0 Å². The predicted molar refractivity (Wildman–Crippen MR) is 83.4 cm³/mol. The predicted octanol–water partition coefficient (Wildman–Crippen LogP) is 0.863. The van der Waals surface area contributed by atoms with Crippen LogP contribution >= 0.6 is 12.4 Å². The Morgan fingerprint density at radius 2 is 1.96 bits per heavy atom. The molecule has 0 unspecified atom stereocenters. The smallest absolute Gasteiger partial charge is 0.362 e. The number of hydrogen-bond donors (Lipinski definition) is 3. The van der Waals surface area contributed by atoms with E-state index in [1.54, 1.807) is 0 Å². The average Bonchev–Trinajstić information content (AvgIpc) is 2.44. The fraction of sp³-hybridized carbons (Fsp3) is 0.417. The number of nitrogens with one attached hydrogen (secondary N) is 2. The summed E-state index contributed by atoms with van der Waals surface area (Å²) in [6.07, 6.45) is -4.52. The zero-order chi connectivity index (χ0) is 17.5. The summed E-state index contributed by atoms with van der Waals surface area (Å²) in [6, 6.07) is 5.24. The molecule has 0 fully saturated rings. The third kappa shape index (κ3) is 8.45. The molecule has 1 aromatic rings. The molecule has 1 amide bonds. The molecule has 7 nitrogen and oxygen atoms in total. The highest BCUT2D eigenvalue weighted by Gasteiger charge is 2.27. The molecule has 0 saturated carbocycles. The first-order valence-corrected chi connectivity index (χ1v) is 7.86. The van der Waals surface area contributed by atoms with Gasteiger partial charge in [-0.3, -0.25) is 4.79 Å². The van der Waals surface area contributed by atoms with Crippen molar-refractivity contribution in [3.8, 4) is 0 Å². The number of amides is 1. The Morgan fingerprint density at radius 3 is 2.54 bits per heavy atom. The van der Waals surface area contributed by atoms with Gasteiger partial charge in [0.05, 0.1) is 4.90 Å². The quantitative estimate of drug-likeness (QED) is 0.609. The van der Waals surface area contributed by atoms with Gasteiger partial charge in [-0.1, -0.05) is 6.07 Å². The first-order chi connectivity index (χ1) is 10.6. The highest BCUT2D eigenvalue weighted by Crippen LogP contribution is 2.16. The van der Waals surface area contributed by atoms with Gasteiger partial charge in [0.15, 0.2) is 0 Å². The number of nitrogens with two attached hydrogens (primary N) is 1. The fourth-order valence-corrected chi connectivity index (χ4v) is 2.57. The van der Waals surface area contributed by atoms with Crippen LogP contribution in [0.4, 0.5) is 18.9 Å². The largest absolute Gasteiger partial charge is 0.411 e. The van der Waals surface area contributed by atoms with Crippen LogP contribution in [0.3, 0.4) is 0 Å². The van der Waals surface area contributed by atoms with Gasteiger partial charge in [0.25, 0.3) is 0 Å². The number of anilines is 1. The maximum Gasteiger partial charge on any atom is 0.411 e. The number of ether oxygens (including phenoxy) is 1. The molecule has 0 aliphatic rings. The summed E-state index contributed by atoms with van der Waals surface area (Å²) >= 11 is 0. The lowest BCUT2D eigenvalue weighted by Crippen LogP contribution is -2.29.